The third-order valence-electron chi connectivity index (χ3n) is 4.81. The van der Waals surface area contributed by atoms with E-state index in [0.717, 1.165) is 34.9 Å². The van der Waals surface area contributed by atoms with E-state index in [1.165, 1.54) is 5.56 Å². The maximum atomic E-state index is 6.07. The van der Waals surface area contributed by atoms with Gasteiger partial charge in [-0.25, -0.2) is 15.0 Å². The van der Waals surface area contributed by atoms with E-state index in [4.69, 9.17) is 10.7 Å². The van der Waals surface area contributed by atoms with Gasteiger partial charge in [-0.2, -0.15) is 0 Å². The molecule has 0 fully saturated rings. The van der Waals surface area contributed by atoms with Gasteiger partial charge in [-0.1, -0.05) is 58.4 Å². The summed E-state index contributed by atoms with van der Waals surface area (Å²) >= 11 is 0. The first-order valence-electron chi connectivity index (χ1n) is 9.58. The van der Waals surface area contributed by atoms with Crippen molar-refractivity contribution in [2.24, 2.45) is 0 Å². The lowest BCUT2D eigenvalue weighted by Gasteiger charge is -2.19. The molecular weight excluding hydrogens is 334 g/mol. The van der Waals surface area contributed by atoms with Crippen LogP contribution in [0.5, 0.6) is 0 Å². The van der Waals surface area contributed by atoms with Gasteiger partial charge in [0.05, 0.1) is 10.9 Å². The smallest absolute Gasteiger partial charge is 0.223 e. The Morgan fingerprint density at radius 2 is 1.78 bits per heavy atom. The van der Waals surface area contributed by atoms with E-state index in [0.29, 0.717) is 17.8 Å². The number of aromatic nitrogens is 3. The number of anilines is 2. The average Bonchev–Trinajstić information content (AvgIpc) is 2.61. The van der Waals surface area contributed by atoms with Crippen molar-refractivity contribution >= 4 is 22.7 Å². The SMILES string of the molecule is CCC[C@@H](C)Nc1ncc2c(N)ncc(-c3ccc(C(C)(C)C)cc3)c2n1. The molecule has 5 heteroatoms. The molecule has 0 spiro atoms. The van der Waals surface area contributed by atoms with Crippen molar-refractivity contribution in [1.82, 2.24) is 15.0 Å². The predicted octanol–water partition coefficient (Wildman–Crippen LogP) is 5.17. The highest BCUT2D eigenvalue weighted by Gasteiger charge is 2.15. The van der Waals surface area contributed by atoms with Crippen molar-refractivity contribution in [2.75, 3.05) is 11.1 Å². The normalized spacial score (nSPS) is 12.9. The van der Waals surface area contributed by atoms with Crippen LogP contribution in [-0.4, -0.2) is 21.0 Å². The standard InChI is InChI=1S/C22H29N5/c1-6-7-14(2)26-21-25-13-18-19(27-21)17(12-24-20(18)23)15-8-10-16(11-9-15)22(3,4)5/h8-14H,6-7H2,1-5H3,(H2,23,24)(H,25,26,27)/t14-/m1/s1. The van der Waals surface area contributed by atoms with Crippen LogP contribution in [0.4, 0.5) is 11.8 Å². The molecule has 2 aromatic heterocycles. The van der Waals surface area contributed by atoms with Crippen molar-refractivity contribution in [2.45, 2.75) is 58.9 Å². The van der Waals surface area contributed by atoms with Gasteiger partial charge in [-0.05, 0) is 29.9 Å². The Bertz CT molecular complexity index is 926. The minimum Gasteiger partial charge on any atom is -0.383 e. The zero-order valence-corrected chi connectivity index (χ0v) is 16.9. The van der Waals surface area contributed by atoms with Gasteiger partial charge in [0.15, 0.2) is 0 Å². The summed E-state index contributed by atoms with van der Waals surface area (Å²) in [6.07, 6.45) is 5.75. The van der Waals surface area contributed by atoms with Gasteiger partial charge >= 0.3 is 0 Å². The molecule has 0 saturated carbocycles. The Morgan fingerprint density at radius 3 is 2.41 bits per heavy atom. The molecule has 0 aliphatic carbocycles. The topological polar surface area (TPSA) is 76.7 Å². The summed E-state index contributed by atoms with van der Waals surface area (Å²) in [4.78, 5) is 13.5. The van der Waals surface area contributed by atoms with Crippen LogP contribution in [0, 0.1) is 0 Å². The van der Waals surface area contributed by atoms with Crippen LogP contribution in [-0.2, 0) is 5.41 Å². The summed E-state index contributed by atoms with van der Waals surface area (Å²) in [5, 5.41) is 4.16. The highest BCUT2D eigenvalue weighted by molar-refractivity contribution is 5.98. The van der Waals surface area contributed by atoms with Crippen molar-refractivity contribution in [3.63, 3.8) is 0 Å². The zero-order chi connectivity index (χ0) is 19.6. The second-order valence-electron chi connectivity index (χ2n) is 8.17. The molecule has 0 radical (unpaired) electrons. The Morgan fingerprint density at radius 1 is 1.07 bits per heavy atom. The summed E-state index contributed by atoms with van der Waals surface area (Å²) in [7, 11) is 0. The van der Waals surface area contributed by atoms with Crippen molar-refractivity contribution < 1.29 is 0 Å². The van der Waals surface area contributed by atoms with Crippen LogP contribution >= 0.6 is 0 Å². The first-order chi connectivity index (χ1) is 12.8. The number of benzene rings is 1. The average molecular weight is 364 g/mol. The number of pyridine rings is 1. The van der Waals surface area contributed by atoms with Crippen LogP contribution in [0.2, 0.25) is 0 Å². The van der Waals surface area contributed by atoms with Crippen LogP contribution in [0.3, 0.4) is 0 Å². The number of nitrogens with zero attached hydrogens (tertiary/aromatic N) is 3. The molecule has 0 bridgehead atoms. The van der Waals surface area contributed by atoms with E-state index in [1.807, 2.05) is 0 Å². The molecule has 0 unspecified atom stereocenters. The van der Waals surface area contributed by atoms with Gasteiger partial charge in [0.25, 0.3) is 0 Å². The van der Waals surface area contributed by atoms with E-state index in [2.05, 4.69) is 74.2 Å². The maximum Gasteiger partial charge on any atom is 0.223 e. The number of hydrogen-bond acceptors (Lipinski definition) is 5. The first kappa shape index (κ1) is 19.1. The lowest BCUT2D eigenvalue weighted by molar-refractivity contribution is 0.590. The highest BCUT2D eigenvalue weighted by atomic mass is 15.1. The Balaban J connectivity index is 2.05. The minimum absolute atomic E-state index is 0.120. The molecule has 142 valence electrons. The van der Waals surface area contributed by atoms with Gasteiger partial charge in [0.1, 0.15) is 5.82 Å². The number of fused-ring (bicyclic) bond motifs is 1. The number of hydrogen-bond donors (Lipinski definition) is 2. The Labute approximate surface area is 161 Å². The number of nitrogens with two attached hydrogens (primary N) is 1. The van der Waals surface area contributed by atoms with Crippen LogP contribution in [0.1, 0.15) is 53.0 Å². The molecule has 3 rings (SSSR count). The zero-order valence-electron chi connectivity index (χ0n) is 16.9. The Hall–Kier alpha value is -2.69. The van der Waals surface area contributed by atoms with Gasteiger partial charge < -0.3 is 11.1 Å². The number of nitrogens with one attached hydrogen (secondary N) is 1. The quantitative estimate of drug-likeness (QED) is 0.654. The first-order valence-corrected chi connectivity index (χ1v) is 9.58. The summed E-state index contributed by atoms with van der Waals surface area (Å²) in [5.74, 6) is 1.08. The largest absolute Gasteiger partial charge is 0.383 e. The van der Waals surface area contributed by atoms with Gasteiger partial charge in [-0.3, -0.25) is 0 Å². The summed E-state index contributed by atoms with van der Waals surface area (Å²) in [5.41, 5.74) is 10.4. The van der Waals surface area contributed by atoms with E-state index < -0.39 is 0 Å². The monoisotopic (exact) mass is 363 g/mol. The van der Waals surface area contributed by atoms with Crippen LogP contribution in [0.25, 0.3) is 22.0 Å². The van der Waals surface area contributed by atoms with Crippen molar-refractivity contribution in [3.8, 4) is 11.1 Å². The van der Waals surface area contributed by atoms with Gasteiger partial charge in [-0.15, -0.1) is 0 Å². The minimum atomic E-state index is 0.120. The van der Waals surface area contributed by atoms with Gasteiger partial charge in [0, 0.05) is 24.0 Å². The lowest BCUT2D eigenvalue weighted by Crippen LogP contribution is -2.16. The second-order valence-corrected chi connectivity index (χ2v) is 8.17. The van der Waals surface area contributed by atoms with E-state index in [-0.39, 0.29) is 5.41 Å². The molecule has 27 heavy (non-hydrogen) atoms. The summed E-state index contributed by atoms with van der Waals surface area (Å²) in [6, 6.07) is 8.91. The van der Waals surface area contributed by atoms with Crippen molar-refractivity contribution in [3.05, 3.63) is 42.2 Å². The van der Waals surface area contributed by atoms with Gasteiger partial charge in [0.2, 0.25) is 5.95 Å². The van der Waals surface area contributed by atoms with Crippen LogP contribution in [0.15, 0.2) is 36.7 Å². The molecule has 2 heterocycles. The third-order valence-corrected chi connectivity index (χ3v) is 4.81. The van der Waals surface area contributed by atoms with E-state index in [9.17, 15) is 0 Å². The third kappa shape index (κ3) is 4.18. The molecule has 0 saturated heterocycles. The highest BCUT2D eigenvalue weighted by Crippen LogP contribution is 2.31. The fourth-order valence-corrected chi connectivity index (χ4v) is 3.20. The molecule has 0 aliphatic rings. The lowest BCUT2D eigenvalue weighted by atomic mass is 9.86. The summed E-state index contributed by atoms with van der Waals surface area (Å²) < 4.78 is 0. The van der Waals surface area contributed by atoms with E-state index in [1.54, 1.807) is 12.4 Å². The molecular formula is C22H29N5. The molecule has 3 N–H and O–H groups in total. The summed E-state index contributed by atoms with van der Waals surface area (Å²) in [6.45, 7) is 11.0. The van der Waals surface area contributed by atoms with E-state index >= 15 is 0 Å². The number of nitrogen functional groups attached to an aromatic ring is 1. The number of rotatable bonds is 5. The van der Waals surface area contributed by atoms with Crippen molar-refractivity contribution in [1.29, 1.82) is 0 Å². The molecule has 0 aliphatic heterocycles. The Kier molecular flexibility index (Phi) is 5.31. The fourth-order valence-electron chi connectivity index (χ4n) is 3.20. The second kappa shape index (κ2) is 7.51. The van der Waals surface area contributed by atoms with Crippen LogP contribution < -0.4 is 11.1 Å². The molecule has 3 aromatic rings. The fraction of sp³-hybridized carbons (Fsp3) is 0.409. The molecule has 0 amide bonds. The molecule has 1 atom stereocenters. The molecule has 5 nitrogen and oxygen atoms in total. The molecule has 1 aromatic carbocycles. The predicted molar refractivity (Wildman–Crippen MR) is 114 cm³/mol. The maximum absolute atomic E-state index is 6.07.